The van der Waals surface area contributed by atoms with Crippen molar-refractivity contribution in [3.8, 4) is 33.4 Å². The smallest absolute Gasteiger partial charge is 0.143 e. The highest BCUT2D eigenvalue weighted by molar-refractivity contribution is 6.24. The number of hydrogen-bond acceptors (Lipinski definition) is 1. The van der Waals surface area contributed by atoms with Crippen molar-refractivity contribution in [2.45, 2.75) is 0 Å². The Morgan fingerprint density at radius 2 is 1.02 bits per heavy atom. The lowest BCUT2D eigenvalue weighted by molar-refractivity contribution is 0.670. The molecule has 0 spiro atoms. The Labute approximate surface area is 264 Å². The summed E-state index contributed by atoms with van der Waals surface area (Å²) >= 11 is 0. The Kier molecular flexibility index (Phi) is 3.41. The number of furan rings is 1. The lowest BCUT2D eigenvalue weighted by atomic mass is 9.85. The second-order valence-electron chi connectivity index (χ2n) is 10.4. The second-order valence-corrected chi connectivity index (χ2v) is 10.4. The third-order valence-electron chi connectivity index (χ3n) is 8.03. The highest BCUT2D eigenvalue weighted by Crippen LogP contribution is 2.46. The van der Waals surface area contributed by atoms with Gasteiger partial charge in [-0.3, -0.25) is 0 Å². The number of para-hydroxylation sites is 2. The van der Waals surface area contributed by atoms with Gasteiger partial charge in [0, 0.05) is 21.9 Å². The molecule has 0 radical (unpaired) electrons. The van der Waals surface area contributed by atoms with Crippen molar-refractivity contribution in [3.05, 3.63) is 157 Å². The van der Waals surface area contributed by atoms with E-state index >= 15 is 0 Å². The van der Waals surface area contributed by atoms with Gasteiger partial charge in [-0.2, -0.15) is 0 Å². The third kappa shape index (κ3) is 3.72. The van der Waals surface area contributed by atoms with Gasteiger partial charge in [-0.25, -0.2) is 0 Å². The maximum Gasteiger partial charge on any atom is 0.143 e. The van der Waals surface area contributed by atoms with Crippen molar-refractivity contribution in [2.24, 2.45) is 0 Å². The molecule has 0 aliphatic rings. The van der Waals surface area contributed by atoms with Crippen LogP contribution in [0.4, 0.5) is 0 Å². The molecule has 0 amide bonds. The number of fused-ring (bicyclic) bond motifs is 6. The summed E-state index contributed by atoms with van der Waals surface area (Å²) < 4.78 is 104. The molecule has 0 saturated heterocycles. The van der Waals surface area contributed by atoms with E-state index in [0.29, 0.717) is 38.2 Å². The lowest BCUT2D eigenvalue weighted by Gasteiger charge is -2.18. The van der Waals surface area contributed by atoms with Crippen molar-refractivity contribution in [1.82, 2.24) is 0 Å². The second kappa shape index (κ2) is 9.44. The summed E-state index contributed by atoms with van der Waals surface area (Å²) in [6.07, 6.45) is 0. The monoisotopic (exact) mass is 557 g/mol. The van der Waals surface area contributed by atoms with Gasteiger partial charge >= 0.3 is 0 Å². The summed E-state index contributed by atoms with van der Waals surface area (Å²) in [5.74, 6) is 0. The zero-order valence-electron chi connectivity index (χ0n) is 33.6. The van der Waals surface area contributed by atoms with E-state index in [9.17, 15) is 6.85 Å². The maximum absolute atomic E-state index is 9.37. The number of hydrogen-bond donors (Lipinski definition) is 0. The number of rotatable bonds is 3. The van der Waals surface area contributed by atoms with Gasteiger partial charge in [0.25, 0.3) is 0 Å². The van der Waals surface area contributed by atoms with Crippen LogP contribution in [0.1, 0.15) is 15.1 Å². The fraction of sp³-hybridized carbons (Fsp3) is 0. The predicted octanol–water partition coefficient (Wildman–Crippen LogP) is 12.0. The fourth-order valence-electron chi connectivity index (χ4n) is 6.10. The molecule has 8 aromatic carbocycles. The summed E-state index contributed by atoms with van der Waals surface area (Å²) in [5, 5.41) is 4.00. The third-order valence-corrected chi connectivity index (χ3v) is 8.03. The Morgan fingerprint density at radius 3 is 1.77 bits per heavy atom. The van der Waals surface area contributed by atoms with Crippen molar-refractivity contribution in [1.29, 1.82) is 0 Å². The summed E-state index contributed by atoms with van der Waals surface area (Å²) in [7, 11) is 0. The van der Waals surface area contributed by atoms with Gasteiger partial charge in [-0.15, -0.1) is 0 Å². The molecule has 1 heteroatoms. The quantitative estimate of drug-likeness (QED) is 0.197. The zero-order chi connectivity index (χ0) is 37.9. The van der Waals surface area contributed by atoms with Crippen LogP contribution in [-0.4, -0.2) is 0 Å². The van der Waals surface area contributed by atoms with Gasteiger partial charge in [-0.05, 0) is 66.7 Å². The Morgan fingerprint density at radius 1 is 0.419 bits per heavy atom. The molecule has 0 aliphatic carbocycles. The van der Waals surface area contributed by atoms with Gasteiger partial charge in [-0.1, -0.05) is 145 Å². The van der Waals surface area contributed by atoms with E-state index in [4.69, 9.17) is 12.6 Å². The minimum absolute atomic E-state index is 0.00546. The first-order chi connectivity index (χ1) is 25.9. The molecule has 43 heavy (non-hydrogen) atoms. The minimum Gasteiger partial charge on any atom is -0.455 e. The van der Waals surface area contributed by atoms with Crippen LogP contribution >= 0.6 is 0 Å². The van der Waals surface area contributed by atoms with Crippen molar-refractivity contribution >= 4 is 54.3 Å². The van der Waals surface area contributed by atoms with Crippen LogP contribution in [0.2, 0.25) is 0 Å². The standard InChI is InChI=1S/C42H26O/c1-2-11-30-26-31(25-22-27(30)10-1)28-20-23-29(24-21-28)40-33-13-3-5-15-35(33)41(36-16-6-4-14-34(36)40)38-18-9-17-37-32-12-7-8-19-39(32)43-42(37)38/h1-26H/i7D,8D,9D,12D,17D,18D,19D,20D,21D,23D,24D. The van der Waals surface area contributed by atoms with Crippen LogP contribution in [0, 0.1) is 0 Å². The van der Waals surface area contributed by atoms with Gasteiger partial charge in [0.15, 0.2) is 0 Å². The SMILES string of the molecule is [2H]c1c([2H])c(-c2c3ccccc3c(-c3c([2H])c([2H])c([2H])c4c3oc3c([2H])c([2H])c([2H])c([2H])c34)c3ccccc23)c([2H])c([2H])c1-c1ccc2ccccc2c1. The van der Waals surface area contributed by atoms with Gasteiger partial charge in [0.1, 0.15) is 11.2 Å². The molecule has 1 aromatic heterocycles. The molecule has 0 saturated carbocycles. The predicted molar refractivity (Wildman–Crippen MR) is 183 cm³/mol. The molecule has 0 fully saturated rings. The molecule has 1 heterocycles. The Bertz CT molecular complexity index is 3040. The lowest BCUT2D eigenvalue weighted by Crippen LogP contribution is -1.91. The van der Waals surface area contributed by atoms with E-state index in [1.54, 1.807) is 54.6 Å². The zero-order valence-corrected chi connectivity index (χ0v) is 22.6. The molecular weight excluding hydrogens is 520 g/mol. The van der Waals surface area contributed by atoms with E-state index in [1.807, 2.05) is 36.4 Å². The molecule has 9 aromatic rings. The first-order valence-corrected chi connectivity index (χ1v) is 13.9. The van der Waals surface area contributed by atoms with E-state index < -0.39 is 36.3 Å². The number of benzene rings is 8. The van der Waals surface area contributed by atoms with E-state index in [2.05, 4.69) is 0 Å². The average molecular weight is 558 g/mol. The first kappa shape index (κ1) is 15.5. The highest BCUT2D eigenvalue weighted by Gasteiger charge is 2.20. The van der Waals surface area contributed by atoms with Crippen LogP contribution in [0.5, 0.6) is 0 Å². The van der Waals surface area contributed by atoms with Crippen LogP contribution in [-0.2, 0) is 0 Å². The minimum atomic E-state index is -0.511. The van der Waals surface area contributed by atoms with Crippen LogP contribution < -0.4 is 0 Å². The van der Waals surface area contributed by atoms with E-state index in [-0.39, 0.29) is 68.8 Å². The normalized spacial score (nSPS) is 15.3. The molecule has 0 unspecified atom stereocenters. The van der Waals surface area contributed by atoms with Gasteiger partial charge in [0.2, 0.25) is 0 Å². The molecule has 9 rings (SSSR count). The highest BCUT2D eigenvalue weighted by atomic mass is 16.3. The Balaban J connectivity index is 1.41. The largest absolute Gasteiger partial charge is 0.455 e. The molecule has 200 valence electrons. The molecule has 0 bridgehead atoms. The van der Waals surface area contributed by atoms with Crippen molar-refractivity contribution in [3.63, 3.8) is 0 Å². The topological polar surface area (TPSA) is 13.1 Å². The summed E-state index contributed by atoms with van der Waals surface area (Å²) in [6.45, 7) is 0. The molecule has 0 N–H and O–H groups in total. The summed E-state index contributed by atoms with van der Waals surface area (Å²) in [5.41, 5.74) is 1.62. The molecule has 0 aliphatic heterocycles. The molecule has 1 nitrogen and oxygen atoms in total. The van der Waals surface area contributed by atoms with E-state index in [1.165, 1.54) is 0 Å². The average Bonchev–Trinajstić information content (AvgIpc) is 3.59. The molecule has 0 atom stereocenters. The van der Waals surface area contributed by atoms with Gasteiger partial charge in [0.05, 0.1) is 15.1 Å². The fourth-order valence-corrected chi connectivity index (χ4v) is 6.10. The van der Waals surface area contributed by atoms with Crippen molar-refractivity contribution < 1.29 is 19.5 Å². The maximum atomic E-state index is 9.37. The van der Waals surface area contributed by atoms with Gasteiger partial charge < -0.3 is 4.42 Å². The first-order valence-electron chi connectivity index (χ1n) is 19.4. The van der Waals surface area contributed by atoms with Crippen molar-refractivity contribution in [2.75, 3.05) is 0 Å². The Hall–Kier alpha value is -5.66. The summed E-state index contributed by atoms with van der Waals surface area (Å²) in [6, 6.07) is 23.7. The molecular formula is C42H26O. The van der Waals surface area contributed by atoms with Crippen LogP contribution in [0.3, 0.4) is 0 Å². The summed E-state index contributed by atoms with van der Waals surface area (Å²) in [4.78, 5) is 0. The van der Waals surface area contributed by atoms with Crippen LogP contribution in [0.25, 0.3) is 87.6 Å². The van der Waals surface area contributed by atoms with E-state index in [0.717, 1.165) is 10.8 Å². The van der Waals surface area contributed by atoms with Crippen LogP contribution in [0.15, 0.2) is 162 Å².